The van der Waals surface area contributed by atoms with E-state index in [4.69, 9.17) is 0 Å². The maximum Gasteiger partial charge on any atom is 0.416 e. The van der Waals surface area contributed by atoms with Gasteiger partial charge in [-0.3, -0.25) is 9.59 Å². The topological polar surface area (TPSA) is 49.4 Å². The lowest BCUT2D eigenvalue weighted by Gasteiger charge is -2.25. The fourth-order valence-corrected chi connectivity index (χ4v) is 3.25. The van der Waals surface area contributed by atoms with Gasteiger partial charge in [-0.25, -0.2) is 0 Å². The van der Waals surface area contributed by atoms with E-state index in [0.29, 0.717) is 24.9 Å². The number of hydrogen-bond donors (Lipinski definition) is 1. The maximum atomic E-state index is 13.2. The van der Waals surface area contributed by atoms with Gasteiger partial charge in [-0.1, -0.05) is 44.0 Å². The van der Waals surface area contributed by atoms with Gasteiger partial charge < -0.3 is 10.2 Å². The number of halogens is 3. The third-order valence-corrected chi connectivity index (χ3v) is 4.99. The van der Waals surface area contributed by atoms with Gasteiger partial charge in [0.15, 0.2) is 0 Å². The van der Waals surface area contributed by atoms with Gasteiger partial charge in [0.05, 0.1) is 5.56 Å². The predicted molar refractivity (Wildman–Crippen MR) is 116 cm³/mol. The standard InChI is InChI=1S/C24H29F3N2O2/c1-3-4-5-14-22(30)28-15-9-16-29(23(31)21-13-7-6-10-18(21)2)20-12-8-11-19(17-20)24(25,26)27/h6-8,10-13,17H,3-5,9,14-16H2,1-2H3,(H,28,30). The van der Waals surface area contributed by atoms with Crippen LogP contribution in [-0.4, -0.2) is 24.9 Å². The molecule has 0 aromatic heterocycles. The molecule has 0 bridgehead atoms. The number of nitrogens with one attached hydrogen (secondary N) is 1. The van der Waals surface area contributed by atoms with Crippen LogP contribution in [0.5, 0.6) is 0 Å². The smallest absolute Gasteiger partial charge is 0.356 e. The lowest BCUT2D eigenvalue weighted by molar-refractivity contribution is -0.137. The van der Waals surface area contributed by atoms with Gasteiger partial charge >= 0.3 is 6.18 Å². The molecule has 0 atom stereocenters. The van der Waals surface area contributed by atoms with E-state index in [1.165, 1.54) is 17.0 Å². The molecule has 2 amide bonds. The Hall–Kier alpha value is -2.83. The monoisotopic (exact) mass is 434 g/mol. The highest BCUT2D eigenvalue weighted by molar-refractivity contribution is 6.07. The van der Waals surface area contributed by atoms with E-state index in [-0.39, 0.29) is 24.0 Å². The highest BCUT2D eigenvalue weighted by Crippen LogP contribution is 2.32. The summed E-state index contributed by atoms with van der Waals surface area (Å²) in [4.78, 5) is 26.4. The molecule has 2 aromatic rings. The number of nitrogens with zero attached hydrogens (tertiary/aromatic N) is 1. The molecule has 0 aliphatic heterocycles. The van der Waals surface area contributed by atoms with E-state index < -0.39 is 11.7 Å². The first-order valence-corrected chi connectivity index (χ1v) is 10.6. The van der Waals surface area contributed by atoms with Crippen LogP contribution >= 0.6 is 0 Å². The van der Waals surface area contributed by atoms with Crippen LogP contribution in [0.15, 0.2) is 48.5 Å². The molecule has 0 aliphatic carbocycles. The summed E-state index contributed by atoms with van der Waals surface area (Å²) in [5.41, 5.74) is 0.548. The summed E-state index contributed by atoms with van der Waals surface area (Å²) in [6.07, 6.45) is -0.785. The Bertz CT molecular complexity index is 881. The van der Waals surface area contributed by atoms with Crippen molar-refractivity contribution in [1.29, 1.82) is 0 Å². The molecule has 31 heavy (non-hydrogen) atoms. The van der Waals surface area contributed by atoms with E-state index in [9.17, 15) is 22.8 Å². The first-order chi connectivity index (χ1) is 14.7. The molecular formula is C24H29F3N2O2. The van der Waals surface area contributed by atoms with Crippen LogP contribution in [0.4, 0.5) is 18.9 Å². The highest BCUT2D eigenvalue weighted by atomic mass is 19.4. The van der Waals surface area contributed by atoms with E-state index in [1.54, 1.807) is 31.2 Å². The van der Waals surface area contributed by atoms with Crippen molar-refractivity contribution in [2.24, 2.45) is 0 Å². The second-order valence-corrected chi connectivity index (χ2v) is 7.48. The van der Waals surface area contributed by atoms with Crippen molar-refractivity contribution in [1.82, 2.24) is 5.32 Å². The van der Waals surface area contributed by atoms with Crippen molar-refractivity contribution in [2.75, 3.05) is 18.0 Å². The Kier molecular flexibility index (Phi) is 9.09. The van der Waals surface area contributed by atoms with Gasteiger partial charge in [0.2, 0.25) is 5.91 Å². The summed E-state index contributed by atoms with van der Waals surface area (Å²) in [5.74, 6) is -0.420. The number of alkyl halides is 3. The minimum Gasteiger partial charge on any atom is -0.356 e. The molecule has 7 heteroatoms. The maximum absolute atomic E-state index is 13.2. The molecule has 2 rings (SSSR count). The Morgan fingerprint density at radius 2 is 1.74 bits per heavy atom. The van der Waals surface area contributed by atoms with E-state index in [2.05, 4.69) is 12.2 Å². The highest BCUT2D eigenvalue weighted by Gasteiger charge is 2.31. The third-order valence-electron chi connectivity index (χ3n) is 4.99. The number of carbonyl (C=O) groups is 2. The normalized spacial score (nSPS) is 11.3. The number of benzene rings is 2. The fraction of sp³-hybridized carbons (Fsp3) is 0.417. The minimum atomic E-state index is -4.50. The van der Waals surface area contributed by atoms with E-state index in [0.717, 1.165) is 37.0 Å². The van der Waals surface area contributed by atoms with Crippen molar-refractivity contribution in [3.05, 3.63) is 65.2 Å². The molecular weight excluding hydrogens is 405 g/mol. The predicted octanol–water partition coefficient (Wildman–Crippen LogP) is 5.75. The summed E-state index contributed by atoms with van der Waals surface area (Å²) < 4.78 is 39.6. The average Bonchev–Trinajstić information content (AvgIpc) is 2.73. The molecule has 1 N–H and O–H groups in total. The number of amides is 2. The van der Waals surface area contributed by atoms with Crippen LogP contribution < -0.4 is 10.2 Å². The van der Waals surface area contributed by atoms with Crippen molar-refractivity contribution in [3.8, 4) is 0 Å². The van der Waals surface area contributed by atoms with Gasteiger partial charge in [-0.15, -0.1) is 0 Å². The zero-order valence-corrected chi connectivity index (χ0v) is 18.0. The van der Waals surface area contributed by atoms with Gasteiger partial charge in [0, 0.05) is 30.8 Å². The van der Waals surface area contributed by atoms with E-state index in [1.807, 2.05) is 0 Å². The molecule has 0 heterocycles. The first kappa shape index (κ1) is 24.4. The Labute approximate surface area is 181 Å². The summed E-state index contributed by atoms with van der Waals surface area (Å²) >= 11 is 0. The summed E-state index contributed by atoms with van der Waals surface area (Å²) in [7, 11) is 0. The number of carbonyl (C=O) groups excluding carboxylic acids is 2. The fourth-order valence-electron chi connectivity index (χ4n) is 3.25. The molecule has 0 saturated carbocycles. The SMILES string of the molecule is CCCCCC(=O)NCCCN(C(=O)c1ccccc1C)c1cccc(C(F)(F)F)c1. The minimum absolute atomic E-state index is 0.0516. The lowest BCUT2D eigenvalue weighted by Crippen LogP contribution is -2.35. The largest absolute Gasteiger partial charge is 0.416 e. The molecule has 0 fully saturated rings. The molecule has 4 nitrogen and oxygen atoms in total. The number of hydrogen-bond acceptors (Lipinski definition) is 2. The van der Waals surface area contributed by atoms with Gasteiger partial charge in [-0.05, 0) is 49.6 Å². The summed E-state index contributed by atoms with van der Waals surface area (Å²) in [6.45, 7) is 4.38. The molecule has 0 spiro atoms. The number of unbranched alkanes of at least 4 members (excludes halogenated alkanes) is 2. The number of anilines is 1. The second kappa shape index (κ2) is 11.5. The third kappa shape index (κ3) is 7.42. The zero-order valence-electron chi connectivity index (χ0n) is 18.0. The first-order valence-electron chi connectivity index (χ1n) is 10.6. The number of aryl methyl sites for hydroxylation is 1. The van der Waals surface area contributed by atoms with Crippen molar-refractivity contribution < 1.29 is 22.8 Å². The molecule has 0 radical (unpaired) electrons. The van der Waals surface area contributed by atoms with Crippen molar-refractivity contribution in [3.63, 3.8) is 0 Å². The average molecular weight is 435 g/mol. The molecule has 0 unspecified atom stereocenters. The zero-order chi connectivity index (χ0) is 22.9. The second-order valence-electron chi connectivity index (χ2n) is 7.48. The molecule has 0 saturated heterocycles. The molecule has 0 aliphatic rings. The van der Waals surface area contributed by atoms with Crippen LogP contribution in [-0.2, 0) is 11.0 Å². The molecule has 2 aromatic carbocycles. The summed E-state index contributed by atoms with van der Waals surface area (Å²) in [6, 6.07) is 11.7. The molecule has 168 valence electrons. The van der Waals surface area contributed by atoms with Crippen LogP contribution in [0.1, 0.15) is 60.5 Å². The summed E-state index contributed by atoms with van der Waals surface area (Å²) in [5, 5.41) is 2.82. The van der Waals surface area contributed by atoms with Crippen LogP contribution in [0.25, 0.3) is 0 Å². The van der Waals surface area contributed by atoms with Crippen LogP contribution in [0, 0.1) is 6.92 Å². The van der Waals surface area contributed by atoms with Crippen molar-refractivity contribution >= 4 is 17.5 Å². The number of rotatable bonds is 10. The van der Waals surface area contributed by atoms with Gasteiger partial charge in [0.25, 0.3) is 5.91 Å². The van der Waals surface area contributed by atoms with Crippen molar-refractivity contribution in [2.45, 2.75) is 52.1 Å². The lowest BCUT2D eigenvalue weighted by atomic mass is 10.1. The van der Waals surface area contributed by atoms with E-state index >= 15 is 0 Å². The van der Waals surface area contributed by atoms with Crippen LogP contribution in [0.3, 0.4) is 0 Å². The quantitative estimate of drug-likeness (QED) is 0.484. The Morgan fingerprint density at radius 3 is 2.42 bits per heavy atom. The Balaban J connectivity index is 2.15. The van der Waals surface area contributed by atoms with Crippen LogP contribution in [0.2, 0.25) is 0 Å². The van der Waals surface area contributed by atoms with Gasteiger partial charge in [0.1, 0.15) is 0 Å². The Morgan fingerprint density at radius 1 is 1.00 bits per heavy atom. The van der Waals surface area contributed by atoms with Gasteiger partial charge in [-0.2, -0.15) is 13.2 Å².